The first-order valence-electron chi connectivity index (χ1n) is 7.67. The van der Waals surface area contributed by atoms with Crippen molar-refractivity contribution in [1.82, 2.24) is 20.4 Å². The van der Waals surface area contributed by atoms with Crippen LogP contribution in [-0.2, 0) is 11.2 Å². The van der Waals surface area contributed by atoms with Gasteiger partial charge in [-0.05, 0) is 41.9 Å². The summed E-state index contributed by atoms with van der Waals surface area (Å²) in [6, 6.07) is 2.36. The van der Waals surface area contributed by atoms with Crippen LogP contribution in [0.15, 0.2) is 20.4 Å². The third-order valence-corrected chi connectivity index (χ3v) is 5.68. The predicted octanol–water partition coefficient (Wildman–Crippen LogP) is 2.70. The van der Waals surface area contributed by atoms with E-state index in [2.05, 4.69) is 31.4 Å². The number of amides is 1. The van der Waals surface area contributed by atoms with Gasteiger partial charge >= 0.3 is 0 Å². The van der Waals surface area contributed by atoms with Gasteiger partial charge in [-0.2, -0.15) is 4.98 Å². The van der Waals surface area contributed by atoms with Crippen LogP contribution in [0.3, 0.4) is 0 Å². The molecule has 0 bridgehead atoms. The van der Waals surface area contributed by atoms with Crippen molar-refractivity contribution in [2.24, 2.45) is 0 Å². The summed E-state index contributed by atoms with van der Waals surface area (Å²) in [5.41, 5.74) is 0. The molecular formula is C15H19BrN4O2S. The number of carbonyl (C=O) groups is 1. The number of carbonyl (C=O) groups excluding carboxylic acids is 1. The first kappa shape index (κ1) is 16.6. The number of likely N-dealkylation sites (N-methyl/N-ethyl adjacent to an activating group) is 1. The standard InChI is InChI=1S/C15H19BrN4O2S/c1-17-11-3-2-6-20(8-11)14(21)5-4-13-18-15(19-22-13)12-7-10(16)9-23-12/h7,9,11,17H,2-6,8H2,1H3. The van der Waals surface area contributed by atoms with E-state index in [1.165, 1.54) is 0 Å². The third-order valence-electron chi connectivity index (χ3n) is 3.99. The van der Waals surface area contributed by atoms with Crippen LogP contribution in [0, 0.1) is 0 Å². The molecule has 0 radical (unpaired) electrons. The van der Waals surface area contributed by atoms with Crippen LogP contribution in [-0.4, -0.2) is 47.1 Å². The highest BCUT2D eigenvalue weighted by atomic mass is 79.9. The SMILES string of the molecule is CNC1CCCN(C(=O)CCc2nc(-c3cc(Br)cs3)no2)C1. The van der Waals surface area contributed by atoms with Crippen LogP contribution in [0.25, 0.3) is 10.7 Å². The van der Waals surface area contributed by atoms with Crippen molar-refractivity contribution in [1.29, 1.82) is 0 Å². The molecular weight excluding hydrogens is 380 g/mol. The smallest absolute Gasteiger partial charge is 0.227 e. The number of thiophene rings is 1. The number of halogens is 1. The van der Waals surface area contributed by atoms with Crippen LogP contribution in [0.2, 0.25) is 0 Å². The Labute approximate surface area is 147 Å². The monoisotopic (exact) mass is 398 g/mol. The molecule has 0 aliphatic carbocycles. The third kappa shape index (κ3) is 4.19. The van der Waals surface area contributed by atoms with E-state index in [1.54, 1.807) is 11.3 Å². The molecule has 2 aromatic rings. The minimum Gasteiger partial charge on any atom is -0.341 e. The van der Waals surface area contributed by atoms with Gasteiger partial charge in [-0.15, -0.1) is 11.3 Å². The summed E-state index contributed by atoms with van der Waals surface area (Å²) >= 11 is 4.96. The Bertz CT molecular complexity index is 672. The molecule has 2 aromatic heterocycles. The molecule has 0 saturated carbocycles. The molecule has 1 unspecified atom stereocenters. The fraction of sp³-hybridized carbons (Fsp3) is 0.533. The van der Waals surface area contributed by atoms with Crippen molar-refractivity contribution < 1.29 is 9.32 Å². The van der Waals surface area contributed by atoms with Crippen molar-refractivity contribution in [3.8, 4) is 10.7 Å². The number of nitrogens with one attached hydrogen (secondary N) is 1. The minimum absolute atomic E-state index is 0.156. The molecule has 0 aromatic carbocycles. The van der Waals surface area contributed by atoms with Gasteiger partial charge in [0.25, 0.3) is 0 Å². The summed E-state index contributed by atoms with van der Waals surface area (Å²) in [4.78, 5) is 19.6. The number of rotatable bonds is 5. The summed E-state index contributed by atoms with van der Waals surface area (Å²) in [5, 5.41) is 9.21. The van der Waals surface area contributed by atoms with Gasteiger partial charge < -0.3 is 14.7 Å². The van der Waals surface area contributed by atoms with Gasteiger partial charge in [-0.25, -0.2) is 0 Å². The van der Waals surface area contributed by atoms with Crippen molar-refractivity contribution in [3.63, 3.8) is 0 Å². The van der Waals surface area contributed by atoms with Crippen molar-refractivity contribution in [3.05, 3.63) is 21.8 Å². The van der Waals surface area contributed by atoms with E-state index in [-0.39, 0.29) is 5.91 Å². The Morgan fingerprint density at radius 3 is 3.22 bits per heavy atom. The highest BCUT2D eigenvalue weighted by Crippen LogP contribution is 2.27. The molecule has 1 amide bonds. The Morgan fingerprint density at radius 1 is 1.61 bits per heavy atom. The average molecular weight is 399 g/mol. The van der Waals surface area contributed by atoms with Crippen LogP contribution < -0.4 is 5.32 Å². The number of hydrogen-bond donors (Lipinski definition) is 1. The Hall–Kier alpha value is -1.25. The van der Waals surface area contributed by atoms with Gasteiger partial charge in [0.05, 0.1) is 4.88 Å². The summed E-state index contributed by atoms with van der Waals surface area (Å²) in [5.74, 6) is 1.25. The maximum absolute atomic E-state index is 12.3. The number of aryl methyl sites for hydroxylation is 1. The second kappa shape index (κ2) is 7.55. The van der Waals surface area contributed by atoms with E-state index in [1.807, 2.05) is 23.4 Å². The first-order valence-corrected chi connectivity index (χ1v) is 9.35. The average Bonchev–Trinajstić information content (AvgIpc) is 3.21. The zero-order chi connectivity index (χ0) is 16.2. The number of nitrogens with zero attached hydrogens (tertiary/aromatic N) is 3. The van der Waals surface area contributed by atoms with E-state index in [0.717, 1.165) is 35.3 Å². The molecule has 0 spiro atoms. The van der Waals surface area contributed by atoms with Crippen LogP contribution in [0.1, 0.15) is 25.2 Å². The largest absolute Gasteiger partial charge is 0.341 e. The lowest BCUT2D eigenvalue weighted by atomic mass is 10.1. The van der Waals surface area contributed by atoms with Gasteiger partial charge in [-0.3, -0.25) is 4.79 Å². The quantitative estimate of drug-likeness (QED) is 0.837. The fourth-order valence-corrected chi connectivity index (χ4v) is 4.05. The van der Waals surface area contributed by atoms with E-state index < -0.39 is 0 Å². The van der Waals surface area contributed by atoms with Gasteiger partial charge in [0.15, 0.2) is 0 Å². The molecule has 1 N–H and O–H groups in total. The zero-order valence-electron chi connectivity index (χ0n) is 12.9. The summed E-state index contributed by atoms with van der Waals surface area (Å²) < 4.78 is 6.26. The number of piperidine rings is 1. The lowest BCUT2D eigenvalue weighted by Gasteiger charge is -2.32. The van der Waals surface area contributed by atoms with E-state index >= 15 is 0 Å². The summed E-state index contributed by atoms with van der Waals surface area (Å²) in [7, 11) is 1.95. The minimum atomic E-state index is 0.156. The second-order valence-electron chi connectivity index (χ2n) is 5.61. The summed E-state index contributed by atoms with van der Waals surface area (Å²) in [6.07, 6.45) is 3.07. The Kier molecular flexibility index (Phi) is 5.45. The molecule has 6 nitrogen and oxygen atoms in total. The number of aromatic nitrogens is 2. The van der Waals surface area contributed by atoms with E-state index in [9.17, 15) is 4.79 Å². The van der Waals surface area contributed by atoms with Gasteiger partial charge in [0, 0.05) is 41.8 Å². The molecule has 8 heteroatoms. The lowest BCUT2D eigenvalue weighted by molar-refractivity contribution is -0.132. The number of hydrogen-bond acceptors (Lipinski definition) is 6. The highest BCUT2D eigenvalue weighted by Gasteiger charge is 2.22. The molecule has 1 saturated heterocycles. The second-order valence-corrected chi connectivity index (χ2v) is 7.44. The van der Waals surface area contributed by atoms with Gasteiger partial charge in [0.1, 0.15) is 0 Å². The Morgan fingerprint density at radius 2 is 2.48 bits per heavy atom. The van der Waals surface area contributed by atoms with Crippen LogP contribution >= 0.6 is 27.3 Å². The fourth-order valence-electron chi connectivity index (χ4n) is 2.70. The molecule has 3 heterocycles. The molecule has 1 aliphatic heterocycles. The zero-order valence-corrected chi connectivity index (χ0v) is 15.3. The molecule has 1 fully saturated rings. The highest BCUT2D eigenvalue weighted by molar-refractivity contribution is 9.10. The van der Waals surface area contributed by atoms with Gasteiger partial charge in [-0.1, -0.05) is 5.16 Å². The molecule has 23 heavy (non-hydrogen) atoms. The maximum Gasteiger partial charge on any atom is 0.227 e. The summed E-state index contributed by atoms with van der Waals surface area (Å²) in [6.45, 7) is 1.63. The normalized spacial score (nSPS) is 18.3. The van der Waals surface area contributed by atoms with Crippen LogP contribution in [0.5, 0.6) is 0 Å². The molecule has 1 aliphatic rings. The number of likely N-dealkylation sites (tertiary alicyclic amines) is 1. The van der Waals surface area contributed by atoms with Crippen molar-refractivity contribution in [2.75, 3.05) is 20.1 Å². The lowest BCUT2D eigenvalue weighted by Crippen LogP contribution is -2.47. The van der Waals surface area contributed by atoms with Crippen molar-refractivity contribution >= 4 is 33.2 Å². The molecule has 1 atom stereocenters. The molecule has 3 rings (SSSR count). The molecule has 124 valence electrons. The maximum atomic E-state index is 12.3. The van der Waals surface area contributed by atoms with Crippen molar-refractivity contribution in [2.45, 2.75) is 31.7 Å². The van der Waals surface area contributed by atoms with Gasteiger partial charge in [0.2, 0.25) is 17.6 Å². The topological polar surface area (TPSA) is 71.3 Å². The van der Waals surface area contributed by atoms with E-state index in [0.29, 0.717) is 30.6 Å². The predicted molar refractivity (Wildman–Crippen MR) is 92.3 cm³/mol. The first-order chi connectivity index (χ1) is 11.2. The van der Waals surface area contributed by atoms with Crippen LogP contribution in [0.4, 0.5) is 0 Å². The van der Waals surface area contributed by atoms with E-state index in [4.69, 9.17) is 4.52 Å². The Balaban J connectivity index is 1.54.